The van der Waals surface area contributed by atoms with Crippen molar-refractivity contribution in [1.82, 2.24) is 9.78 Å². The van der Waals surface area contributed by atoms with Gasteiger partial charge >= 0.3 is 0 Å². The number of benzene rings is 2. The minimum atomic E-state index is -0.509. The molecule has 1 aromatic heterocycles. The van der Waals surface area contributed by atoms with E-state index in [4.69, 9.17) is 0 Å². The summed E-state index contributed by atoms with van der Waals surface area (Å²) < 4.78 is 1.01. The van der Waals surface area contributed by atoms with Crippen LogP contribution in [0, 0.1) is 10.1 Å². The largest absolute Gasteiger partial charge is 0.326 e. The summed E-state index contributed by atoms with van der Waals surface area (Å²) in [6.07, 6.45) is 0. The predicted molar refractivity (Wildman–Crippen MR) is 110 cm³/mol. The lowest BCUT2D eigenvalue weighted by molar-refractivity contribution is -0.384. The van der Waals surface area contributed by atoms with E-state index in [1.807, 2.05) is 0 Å². The fourth-order valence-corrected chi connectivity index (χ4v) is 2.65. The van der Waals surface area contributed by atoms with Crippen LogP contribution in [-0.4, -0.2) is 26.5 Å². The van der Waals surface area contributed by atoms with Gasteiger partial charge in [-0.2, -0.15) is 5.10 Å². The van der Waals surface area contributed by atoms with Crippen molar-refractivity contribution in [3.8, 4) is 11.3 Å². The van der Waals surface area contributed by atoms with Gasteiger partial charge in [0.1, 0.15) is 6.54 Å². The third-order valence-corrected chi connectivity index (χ3v) is 4.02. The SMILES string of the molecule is CC(=O)Nc1ccc(NC(=O)Cn2nc(-c3ccc([N+](=O)[O-])cc3)ccc2=O)cc1. The minimum Gasteiger partial charge on any atom is -0.326 e. The van der Waals surface area contributed by atoms with Crippen LogP contribution in [0.3, 0.4) is 0 Å². The van der Waals surface area contributed by atoms with Gasteiger partial charge < -0.3 is 10.6 Å². The van der Waals surface area contributed by atoms with Gasteiger partial charge in [0.05, 0.1) is 10.6 Å². The lowest BCUT2D eigenvalue weighted by Crippen LogP contribution is -2.29. The van der Waals surface area contributed by atoms with E-state index in [0.29, 0.717) is 22.6 Å². The highest BCUT2D eigenvalue weighted by molar-refractivity contribution is 5.92. The molecule has 0 spiro atoms. The average Bonchev–Trinajstić information content (AvgIpc) is 2.71. The Hall–Kier alpha value is -4.34. The molecular weight excluding hydrogens is 390 g/mol. The molecule has 10 nitrogen and oxygen atoms in total. The van der Waals surface area contributed by atoms with Crippen molar-refractivity contribution in [2.75, 3.05) is 10.6 Å². The topological polar surface area (TPSA) is 136 Å². The molecule has 1 heterocycles. The maximum Gasteiger partial charge on any atom is 0.269 e. The number of hydrogen-bond donors (Lipinski definition) is 2. The molecule has 0 saturated carbocycles. The first-order chi connectivity index (χ1) is 14.3. The zero-order valence-corrected chi connectivity index (χ0v) is 15.9. The smallest absolute Gasteiger partial charge is 0.269 e. The Balaban J connectivity index is 1.72. The molecule has 0 atom stereocenters. The first-order valence-corrected chi connectivity index (χ1v) is 8.82. The molecule has 0 radical (unpaired) electrons. The number of carbonyl (C=O) groups is 2. The van der Waals surface area contributed by atoms with Gasteiger partial charge in [0.25, 0.3) is 11.2 Å². The van der Waals surface area contributed by atoms with E-state index in [2.05, 4.69) is 15.7 Å². The van der Waals surface area contributed by atoms with Gasteiger partial charge in [-0.05, 0) is 42.5 Å². The molecule has 2 aromatic carbocycles. The maximum absolute atomic E-state index is 12.3. The summed E-state index contributed by atoms with van der Waals surface area (Å²) >= 11 is 0. The Labute approximate surface area is 170 Å². The average molecular weight is 407 g/mol. The van der Waals surface area contributed by atoms with Crippen LogP contribution in [0.15, 0.2) is 65.5 Å². The first kappa shape index (κ1) is 20.4. The molecular formula is C20H17N5O5. The zero-order chi connectivity index (χ0) is 21.7. The highest BCUT2D eigenvalue weighted by Crippen LogP contribution is 2.19. The highest BCUT2D eigenvalue weighted by Gasteiger charge is 2.10. The summed E-state index contributed by atoms with van der Waals surface area (Å²) in [5.74, 6) is -0.664. The van der Waals surface area contributed by atoms with Crippen LogP contribution in [0.5, 0.6) is 0 Å². The second-order valence-electron chi connectivity index (χ2n) is 6.33. The van der Waals surface area contributed by atoms with Crippen molar-refractivity contribution in [2.45, 2.75) is 13.5 Å². The van der Waals surface area contributed by atoms with Gasteiger partial charge in [0, 0.05) is 42.1 Å². The summed E-state index contributed by atoms with van der Waals surface area (Å²) in [6.45, 7) is 1.08. The molecule has 3 rings (SSSR count). The summed E-state index contributed by atoms with van der Waals surface area (Å²) in [7, 11) is 0. The van der Waals surface area contributed by atoms with Gasteiger partial charge in [0.15, 0.2) is 0 Å². The molecule has 152 valence electrons. The molecule has 0 aliphatic rings. The fraction of sp³-hybridized carbons (Fsp3) is 0.100. The molecule has 3 aromatic rings. The lowest BCUT2D eigenvalue weighted by Gasteiger charge is -2.09. The second kappa shape index (κ2) is 8.78. The van der Waals surface area contributed by atoms with E-state index in [-0.39, 0.29) is 18.1 Å². The number of aromatic nitrogens is 2. The third-order valence-electron chi connectivity index (χ3n) is 4.02. The number of anilines is 2. The van der Waals surface area contributed by atoms with Gasteiger partial charge in [-0.25, -0.2) is 4.68 Å². The number of nitro benzene ring substituents is 1. The second-order valence-corrected chi connectivity index (χ2v) is 6.33. The number of amides is 2. The summed E-state index contributed by atoms with van der Waals surface area (Å²) in [5.41, 5.74) is 1.54. The standard InChI is InChI=1S/C20H17N5O5/c1-13(26)21-15-4-6-16(7-5-15)22-19(27)12-24-20(28)11-10-18(23-24)14-2-8-17(9-3-14)25(29)30/h2-11H,12H2,1H3,(H,21,26)(H,22,27). The van der Waals surface area contributed by atoms with Crippen LogP contribution >= 0.6 is 0 Å². The van der Waals surface area contributed by atoms with Gasteiger partial charge in [-0.3, -0.25) is 24.5 Å². The number of nitro groups is 1. The van der Waals surface area contributed by atoms with Crippen LogP contribution in [0.25, 0.3) is 11.3 Å². The molecule has 2 N–H and O–H groups in total. The van der Waals surface area contributed by atoms with Crippen molar-refractivity contribution < 1.29 is 14.5 Å². The van der Waals surface area contributed by atoms with Gasteiger partial charge in [0.2, 0.25) is 11.8 Å². The van der Waals surface area contributed by atoms with Crippen LogP contribution in [-0.2, 0) is 16.1 Å². The van der Waals surface area contributed by atoms with E-state index < -0.39 is 16.4 Å². The third kappa shape index (κ3) is 5.13. The normalized spacial score (nSPS) is 10.3. The predicted octanol–water partition coefficient (Wildman–Crippen LogP) is 2.42. The van der Waals surface area contributed by atoms with Crippen LogP contribution in [0.1, 0.15) is 6.92 Å². The maximum atomic E-state index is 12.3. The Morgan fingerprint density at radius 3 is 2.13 bits per heavy atom. The molecule has 0 fully saturated rings. The number of nitrogens with one attached hydrogen (secondary N) is 2. The number of rotatable bonds is 6. The molecule has 0 aliphatic heterocycles. The molecule has 0 bridgehead atoms. The van der Waals surface area contributed by atoms with E-state index in [9.17, 15) is 24.5 Å². The molecule has 10 heteroatoms. The van der Waals surface area contributed by atoms with Crippen molar-refractivity contribution in [2.24, 2.45) is 0 Å². The summed E-state index contributed by atoms with van der Waals surface area (Å²) in [4.78, 5) is 45.7. The van der Waals surface area contributed by atoms with E-state index in [0.717, 1.165) is 4.68 Å². The van der Waals surface area contributed by atoms with Gasteiger partial charge in [-0.15, -0.1) is 0 Å². The fourth-order valence-electron chi connectivity index (χ4n) is 2.65. The quantitative estimate of drug-likeness (QED) is 0.476. The molecule has 0 saturated heterocycles. The number of hydrogen-bond acceptors (Lipinski definition) is 6. The van der Waals surface area contributed by atoms with Crippen LogP contribution in [0.2, 0.25) is 0 Å². The van der Waals surface area contributed by atoms with Crippen LogP contribution < -0.4 is 16.2 Å². The summed E-state index contributed by atoms with van der Waals surface area (Å²) in [5, 5.41) is 20.2. The molecule has 2 amide bonds. The molecule has 30 heavy (non-hydrogen) atoms. The first-order valence-electron chi connectivity index (χ1n) is 8.82. The van der Waals surface area contributed by atoms with Crippen LogP contribution in [0.4, 0.5) is 17.1 Å². The number of non-ortho nitro benzene ring substituents is 1. The minimum absolute atomic E-state index is 0.0593. The highest BCUT2D eigenvalue weighted by atomic mass is 16.6. The van der Waals surface area contributed by atoms with Crippen molar-refractivity contribution >= 4 is 28.9 Å². The van der Waals surface area contributed by atoms with E-state index in [1.165, 1.54) is 43.3 Å². The Bertz CT molecular complexity index is 1150. The number of nitrogens with zero attached hydrogens (tertiary/aromatic N) is 3. The Morgan fingerprint density at radius 2 is 1.57 bits per heavy atom. The Morgan fingerprint density at radius 1 is 0.967 bits per heavy atom. The van der Waals surface area contributed by atoms with Gasteiger partial charge in [-0.1, -0.05) is 0 Å². The van der Waals surface area contributed by atoms with Crippen molar-refractivity contribution in [1.29, 1.82) is 0 Å². The lowest BCUT2D eigenvalue weighted by atomic mass is 10.1. The summed E-state index contributed by atoms with van der Waals surface area (Å²) in [6, 6.07) is 15.0. The van der Waals surface area contributed by atoms with E-state index >= 15 is 0 Å². The molecule has 0 aliphatic carbocycles. The molecule has 0 unspecified atom stereocenters. The van der Waals surface area contributed by atoms with Crippen molar-refractivity contribution in [3.05, 3.63) is 81.1 Å². The van der Waals surface area contributed by atoms with E-state index in [1.54, 1.807) is 24.3 Å². The van der Waals surface area contributed by atoms with Crippen molar-refractivity contribution in [3.63, 3.8) is 0 Å². The monoisotopic (exact) mass is 407 g/mol. The zero-order valence-electron chi connectivity index (χ0n) is 15.9. The number of carbonyl (C=O) groups excluding carboxylic acids is 2. The Kier molecular flexibility index (Phi) is 5.97.